The van der Waals surface area contributed by atoms with E-state index in [1.54, 1.807) is 0 Å². The molecule has 3 aliphatic rings. The summed E-state index contributed by atoms with van der Waals surface area (Å²) in [6, 6.07) is 0. The van der Waals surface area contributed by atoms with Crippen LogP contribution in [0.4, 0.5) is 0 Å². The molecule has 1 heteroatoms. The smallest absolute Gasteiger partial charge is 0.0188 e. The van der Waals surface area contributed by atoms with Crippen molar-refractivity contribution in [2.45, 2.75) is 83.1 Å². The molecule has 1 nitrogen and oxygen atoms in total. The lowest BCUT2D eigenvalue weighted by molar-refractivity contribution is 0.145. The molecule has 0 aliphatic heterocycles. The first-order valence-corrected chi connectivity index (χ1v) is 8.53. The molecule has 3 aliphatic carbocycles. The second-order valence-electron chi connectivity index (χ2n) is 7.46. The quantitative estimate of drug-likeness (QED) is 0.689. The minimum atomic E-state index is 0.252. The normalized spacial score (nSPS) is 45.7. The number of hydrogen-bond donors (Lipinski definition) is 1. The van der Waals surface area contributed by atoms with Gasteiger partial charge in [0.2, 0.25) is 0 Å². The van der Waals surface area contributed by atoms with Crippen LogP contribution >= 0.6 is 0 Å². The minimum Gasteiger partial charge on any atom is -0.325 e. The average molecular weight is 249 g/mol. The molecule has 0 spiro atoms. The molecule has 104 valence electrons. The van der Waals surface area contributed by atoms with Gasteiger partial charge in [-0.3, -0.25) is 0 Å². The first-order valence-electron chi connectivity index (χ1n) is 8.53. The van der Waals surface area contributed by atoms with Crippen LogP contribution in [0.3, 0.4) is 0 Å². The zero-order chi connectivity index (χ0) is 12.6. The van der Waals surface area contributed by atoms with Crippen LogP contribution in [0.5, 0.6) is 0 Å². The highest BCUT2D eigenvalue weighted by atomic mass is 14.8. The van der Waals surface area contributed by atoms with Gasteiger partial charge >= 0.3 is 0 Å². The lowest BCUT2D eigenvalue weighted by Crippen LogP contribution is -2.49. The topological polar surface area (TPSA) is 26.0 Å². The van der Waals surface area contributed by atoms with E-state index >= 15 is 0 Å². The zero-order valence-electron chi connectivity index (χ0n) is 12.2. The Labute approximate surface area is 113 Å². The Bertz CT molecular complexity index is 287. The molecule has 0 aromatic rings. The number of unbranched alkanes of at least 4 members (excludes halogenated alkanes) is 4. The van der Waals surface area contributed by atoms with Gasteiger partial charge in [0.05, 0.1) is 0 Å². The van der Waals surface area contributed by atoms with E-state index in [1.807, 2.05) is 0 Å². The van der Waals surface area contributed by atoms with Gasteiger partial charge in [0.25, 0.3) is 0 Å². The van der Waals surface area contributed by atoms with Gasteiger partial charge in [-0.05, 0) is 55.8 Å². The average Bonchev–Trinajstić information content (AvgIpc) is 2.99. The van der Waals surface area contributed by atoms with Crippen molar-refractivity contribution in [1.82, 2.24) is 0 Å². The Kier molecular flexibility index (Phi) is 3.71. The molecule has 18 heavy (non-hydrogen) atoms. The molecule has 0 aromatic carbocycles. The van der Waals surface area contributed by atoms with Gasteiger partial charge in [-0.25, -0.2) is 0 Å². The van der Waals surface area contributed by atoms with Gasteiger partial charge < -0.3 is 5.73 Å². The Morgan fingerprint density at radius 2 is 1.83 bits per heavy atom. The predicted octanol–water partition coefficient (Wildman–Crippen LogP) is 4.50. The second-order valence-corrected chi connectivity index (χ2v) is 7.46. The van der Waals surface area contributed by atoms with Crippen LogP contribution in [0.2, 0.25) is 0 Å². The third-order valence-corrected chi connectivity index (χ3v) is 6.43. The number of nitrogens with two attached hydrogens (primary N) is 1. The van der Waals surface area contributed by atoms with E-state index in [-0.39, 0.29) is 5.54 Å². The Morgan fingerprint density at radius 1 is 1.06 bits per heavy atom. The van der Waals surface area contributed by atoms with E-state index in [4.69, 9.17) is 5.73 Å². The summed E-state index contributed by atoms with van der Waals surface area (Å²) in [4.78, 5) is 0. The minimum absolute atomic E-state index is 0.252. The van der Waals surface area contributed by atoms with Crippen LogP contribution in [0, 0.1) is 23.7 Å². The molecule has 5 atom stereocenters. The van der Waals surface area contributed by atoms with Crippen LogP contribution in [0.1, 0.15) is 77.6 Å². The van der Waals surface area contributed by atoms with Crippen LogP contribution < -0.4 is 5.73 Å². The number of hydrogen-bond acceptors (Lipinski definition) is 1. The molecule has 5 unspecified atom stereocenters. The largest absolute Gasteiger partial charge is 0.325 e. The predicted molar refractivity (Wildman–Crippen MR) is 77.3 cm³/mol. The number of fused-ring (bicyclic) bond motifs is 5. The van der Waals surface area contributed by atoms with E-state index in [2.05, 4.69) is 6.92 Å². The van der Waals surface area contributed by atoms with Gasteiger partial charge in [-0.2, -0.15) is 0 Å². The van der Waals surface area contributed by atoms with E-state index in [0.29, 0.717) is 0 Å². The number of rotatable bonds is 6. The van der Waals surface area contributed by atoms with Crippen molar-refractivity contribution < 1.29 is 0 Å². The SMILES string of the molecule is CCCCCCCC1(N)CC2CC1C1CCCC21. The monoisotopic (exact) mass is 249 g/mol. The first-order chi connectivity index (χ1) is 8.74. The Hall–Kier alpha value is -0.0400. The highest BCUT2D eigenvalue weighted by Crippen LogP contribution is 2.62. The summed E-state index contributed by atoms with van der Waals surface area (Å²) in [5.74, 6) is 4.04. The summed E-state index contributed by atoms with van der Waals surface area (Å²) in [6.45, 7) is 2.29. The molecule has 3 rings (SSSR count). The standard InChI is InChI=1S/C17H31N/c1-2-3-4-5-6-10-17(18)12-13-11-16(17)15-9-7-8-14(13)15/h13-16H,2-12,18H2,1H3. The second kappa shape index (κ2) is 5.15. The van der Waals surface area contributed by atoms with Crippen molar-refractivity contribution in [3.05, 3.63) is 0 Å². The summed E-state index contributed by atoms with van der Waals surface area (Å²) in [7, 11) is 0. The lowest BCUT2D eigenvalue weighted by Gasteiger charge is -2.40. The van der Waals surface area contributed by atoms with Gasteiger partial charge in [0.1, 0.15) is 0 Å². The van der Waals surface area contributed by atoms with Gasteiger partial charge in [-0.1, -0.05) is 45.4 Å². The zero-order valence-corrected chi connectivity index (χ0v) is 12.2. The summed E-state index contributed by atoms with van der Waals surface area (Å²) in [5.41, 5.74) is 7.07. The maximum Gasteiger partial charge on any atom is 0.0188 e. The van der Waals surface area contributed by atoms with Crippen LogP contribution in [-0.2, 0) is 0 Å². The van der Waals surface area contributed by atoms with E-state index < -0.39 is 0 Å². The van der Waals surface area contributed by atoms with Gasteiger partial charge in [0, 0.05) is 5.54 Å². The van der Waals surface area contributed by atoms with Crippen molar-refractivity contribution in [3.63, 3.8) is 0 Å². The molecule has 0 saturated heterocycles. The Morgan fingerprint density at radius 3 is 2.67 bits per heavy atom. The maximum absolute atomic E-state index is 6.81. The van der Waals surface area contributed by atoms with Gasteiger partial charge in [0.15, 0.2) is 0 Å². The highest BCUT2D eigenvalue weighted by Gasteiger charge is 2.58. The highest BCUT2D eigenvalue weighted by molar-refractivity contribution is 5.12. The first kappa shape index (κ1) is 13.0. The van der Waals surface area contributed by atoms with Crippen LogP contribution in [-0.4, -0.2) is 5.54 Å². The molecule has 2 bridgehead atoms. The van der Waals surface area contributed by atoms with Gasteiger partial charge in [-0.15, -0.1) is 0 Å². The van der Waals surface area contributed by atoms with Crippen molar-refractivity contribution in [3.8, 4) is 0 Å². The van der Waals surface area contributed by atoms with Crippen molar-refractivity contribution in [2.24, 2.45) is 29.4 Å². The summed E-state index contributed by atoms with van der Waals surface area (Å²) in [6.07, 6.45) is 15.7. The Balaban J connectivity index is 1.50. The summed E-state index contributed by atoms with van der Waals surface area (Å²) >= 11 is 0. The molecule has 0 aromatic heterocycles. The molecular formula is C17H31N. The fourth-order valence-electron chi connectivity index (χ4n) is 5.66. The van der Waals surface area contributed by atoms with Crippen molar-refractivity contribution in [1.29, 1.82) is 0 Å². The summed E-state index contributed by atoms with van der Waals surface area (Å²) < 4.78 is 0. The van der Waals surface area contributed by atoms with E-state index in [1.165, 1.54) is 70.6 Å². The van der Waals surface area contributed by atoms with Crippen LogP contribution in [0.15, 0.2) is 0 Å². The molecule has 3 saturated carbocycles. The molecular weight excluding hydrogens is 218 g/mol. The molecule has 2 N–H and O–H groups in total. The molecule has 3 fully saturated rings. The molecule has 0 amide bonds. The lowest BCUT2D eigenvalue weighted by atomic mass is 9.69. The van der Waals surface area contributed by atoms with Crippen molar-refractivity contribution >= 4 is 0 Å². The fourth-order valence-corrected chi connectivity index (χ4v) is 5.66. The fraction of sp³-hybridized carbons (Fsp3) is 1.00. The molecule has 0 radical (unpaired) electrons. The van der Waals surface area contributed by atoms with Crippen LogP contribution in [0.25, 0.3) is 0 Å². The van der Waals surface area contributed by atoms with E-state index in [0.717, 1.165) is 23.7 Å². The summed E-state index contributed by atoms with van der Waals surface area (Å²) in [5, 5.41) is 0. The third kappa shape index (κ3) is 2.13. The third-order valence-electron chi connectivity index (χ3n) is 6.43. The maximum atomic E-state index is 6.81. The molecule has 0 heterocycles. The van der Waals surface area contributed by atoms with E-state index in [9.17, 15) is 0 Å². The van der Waals surface area contributed by atoms with Crippen molar-refractivity contribution in [2.75, 3.05) is 0 Å².